The Kier molecular flexibility index (Phi) is 8.40. The van der Waals surface area contributed by atoms with Crippen LogP contribution in [0.3, 0.4) is 0 Å². The lowest BCUT2D eigenvalue weighted by Crippen LogP contribution is -1.94. The maximum atomic E-state index is 5.37. The standard InChI is InChI=1S/C52H34N2S/c1-3-14-35(15-4-1)37-18-9-20-39(30-37)41-22-11-23-42(32-41)44-25-13-27-46(34-44)52-53-49(51-50(54-52)47-28-7-8-29-48(47)55-51)45-26-12-24-43(33-45)40-21-10-19-38(31-40)36-16-5-2-6-17-36/h1-34H. The van der Waals surface area contributed by atoms with E-state index < -0.39 is 0 Å². The number of hydrogen-bond acceptors (Lipinski definition) is 3. The molecule has 0 N–H and O–H groups in total. The lowest BCUT2D eigenvalue weighted by atomic mass is 9.95. The molecule has 0 saturated heterocycles. The van der Waals surface area contributed by atoms with Crippen molar-refractivity contribution in [3.05, 3.63) is 206 Å². The molecule has 10 aromatic rings. The van der Waals surface area contributed by atoms with E-state index in [1.807, 2.05) is 0 Å². The summed E-state index contributed by atoms with van der Waals surface area (Å²) in [7, 11) is 0. The largest absolute Gasteiger partial charge is 0.226 e. The van der Waals surface area contributed by atoms with Gasteiger partial charge >= 0.3 is 0 Å². The summed E-state index contributed by atoms with van der Waals surface area (Å²) >= 11 is 1.76. The highest BCUT2D eigenvalue weighted by Crippen LogP contribution is 2.41. The maximum absolute atomic E-state index is 5.37. The molecule has 0 atom stereocenters. The average molecular weight is 719 g/mol. The predicted molar refractivity (Wildman–Crippen MR) is 233 cm³/mol. The van der Waals surface area contributed by atoms with Crippen molar-refractivity contribution in [2.75, 3.05) is 0 Å². The first-order valence-corrected chi connectivity index (χ1v) is 19.4. The lowest BCUT2D eigenvalue weighted by Gasteiger charge is -2.11. The zero-order valence-electron chi connectivity index (χ0n) is 29.9. The SMILES string of the molecule is c1ccc(-c2cccc(-c3cccc(-c4cccc(-c5nc(-c6cccc(-c7cccc(-c8ccccc8)c7)c6)c6sc7ccccc7c6n5)c4)c3)c2)cc1. The Bertz CT molecular complexity index is 2980. The number of hydrogen-bond donors (Lipinski definition) is 0. The molecule has 0 spiro atoms. The van der Waals surface area contributed by atoms with Crippen LogP contribution < -0.4 is 0 Å². The topological polar surface area (TPSA) is 25.8 Å². The first-order chi connectivity index (χ1) is 27.2. The van der Waals surface area contributed by atoms with E-state index in [2.05, 4.69) is 206 Å². The Hall–Kier alpha value is -6.94. The monoisotopic (exact) mass is 718 g/mol. The highest BCUT2D eigenvalue weighted by molar-refractivity contribution is 7.26. The van der Waals surface area contributed by atoms with Crippen molar-refractivity contribution >= 4 is 31.6 Å². The Morgan fingerprint density at radius 1 is 0.291 bits per heavy atom. The quantitative estimate of drug-likeness (QED) is 0.164. The number of rotatable bonds is 7. The Labute approximate surface area is 324 Å². The van der Waals surface area contributed by atoms with Gasteiger partial charge in [-0.15, -0.1) is 11.3 Å². The van der Waals surface area contributed by atoms with Crippen molar-refractivity contribution in [2.45, 2.75) is 0 Å². The summed E-state index contributed by atoms with van der Waals surface area (Å²) < 4.78 is 2.31. The highest BCUT2D eigenvalue weighted by atomic mass is 32.1. The van der Waals surface area contributed by atoms with Gasteiger partial charge in [0.05, 0.1) is 15.9 Å². The molecule has 2 nitrogen and oxygen atoms in total. The molecule has 2 aromatic heterocycles. The van der Waals surface area contributed by atoms with Gasteiger partial charge in [-0.05, 0) is 92.0 Å². The van der Waals surface area contributed by atoms with Crippen molar-refractivity contribution in [1.29, 1.82) is 0 Å². The molecule has 0 aliphatic heterocycles. The molecule has 0 aliphatic rings. The third kappa shape index (κ3) is 6.41. The molecule has 55 heavy (non-hydrogen) atoms. The molecule has 0 unspecified atom stereocenters. The summed E-state index contributed by atoms with van der Waals surface area (Å²) in [5.74, 6) is 0.719. The minimum absolute atomic E-state index is 0.719. The molecular formula is C52H34N2S. The van der Waals surface area contributed by atoms with E-state index >= 15 is 0 Å². The van der Waals surface area contributed by atoms with Gasteiger partial charge in [0.2, 0.25) is 0 Å². The van der Waals surface area contributed by atoms with Gasteiger partial charge in [-0.1, -0.05) is 170 Å². The third-order valence-corrected chi connectivity index (χ3v) is 11.4. The van der Waals surface area contributed by atoms with Crippen molar-refractivity contribution in [3.63, 3.8) is 0 Å². The van der Waals surface area contributed by atoms with Crippen LogP contribution in [0.25, 0.3) is 98.6 Å². The molecule has 0 aliphatic carbocycles. The van der Waals surface area contributed by atoms with Crippen LogP contribution in [0.4, 0.5) is 0 Å². The number of thiophene rings is 1. The Morgan fingerprint density at radius 3 is 1.16 bits per heavy atom. The fraction of sp³-hybridized carbons (Fsp3) is 0. The molecule has 2 heterocycles. The molecule has 0 fully saturated rings. The zero-order valence-corrected chi connectivity index (χ0v) is 30.7. The fourth-order valence-electron chi connectivity index (χ4n) is 7.50. The van der Waals surface area contributed by atoms with E-state index in [4.69, 9.17) is 9.97 Å². The highest BCUT2D eigenvalue weighted by Gasteiger charge is 2.18. The molecule has 8 aromatic carbocycles. The lowest BCUT2D eigenvalue weighted by molar-refractivity contribution is 1.24. The van der Waals surface area contributed by atoms with E-state index in [0.29, 0.717) is 0 Å². The second-order valence-corrected chi connectivity index (χ2v) is 14.9. The summed E-state index contributed by atoms with van der Waals surface area (Å²) in [5, 5.41) is 1.15. The van der Waals surface area contributed by atoms with E-state index in [-0.39, 0.29) is 0 Å². The van der Waals surface area contributed by atoms with Gasteiger partial charge in [-0.2, -0.15) is 0 Å². The maximum Gasteiger partial charge on any atom is 0.160 e. The van der Waals surface area contributed by atoms with Crippen LogP contribution in [0.1, 0.15) is 0 Å². The number of benzene rings is 8. The Balaban J connectivity index is 1.06. The predicted octanol–water partition coefficient (Wildman–Crippen LogP) is 14.5. The molecule has 10 rings (SSSR count). The van der Waals surface area contributed by atoms with Gasteiger partial charge in [-0.3, -0.25) is 0 Å². The van der Waals surface area contributed by atoms with Gasteiger partial charge in [0.1, 0.15) is 0 Å². The number of nitrogens with zero attached hydrogens (tertiary/aromatic N) is 2. The fourth-order valence-corrected chi connectivity index (χ4v) is 8.65. The molecule has 3 heteroatoms. The average Bonchev–Trinajstić information content (AvgIpc) is 3.66. The van der Waals surface area contributed by atoms with Crippen LogP contribution in [0.2, 0.25) is 0 Å². The second kappa shape index (κ2) is 14.1. The normalized spacial score (nSPS) is 11.3. The molecule has 0 radical (unpaired) electrons. The van der Waals surface area contributed by atoms with Crippen molar-refractivity contribution < 1.29 is 0 Å². The summed E-state index contributed by atoms with van der Waals surface area (Å²) in [6.45, 7) is 0. The van der Waals surface area contributed by atoms with Gasteiger partial charge in [0, 0.05) is 21.2 Å². The van der Waals surface area contributed by atoms with Crippen LogP contribution in [0.15, 0.2) is 206 Å². The molecule has 258 valence electrons. The zero-order chi connectivity index (χ0) is 36.6. The molecule has 0 amide bonds. The Morgan fingerprint density at radius 2 is 0.655 bits per heavy atom. The van der Waals surface area contributed by atoms with Crippen molar-refractivity contribution in [2.24, 2.45) is 0 Å². The van der Waals surface area contributed by atoms with Crippen LogP contribution in [-0.2, 0) is 0 Å². The summed E-state index contributed by atoms with van der Waals surface area (Å²) in [4.78, 5) is 10.7. The second-order valence-electron chi connectivity index (χ2n) is 13.8. The molecule has 0 bridgehead atoms. The van der Waals surface area contributed by atoms with E-state index in [1.54, 1.807) is 11.3 Å². The van der Waals surface area contributed by atoms with Gasteiger partial charge in [-0.25, -0.2) is 9.97 Å². The van der Waals surface area contributed by atoms with Crippen LogP contribution in [-0.4, -0.2) is 9.97 Å². The smallest absolute Gasteiger partial charge is 0.160 e. The minimum Gasteiger partial charge on any atom is -0.226 e. The first kappa shape index (κ1) is 32.7. The minimum atomic E-state index is 0.719. The van der Waals surface area contributed by atoms with Crippen LogP contribution in [0.5, 0.6) is 0 Å². The number of fused-ring (bicyclic) bond motifs is 3. The number of aromatic nitrogens is 2. The van der Waals surface area contributed by atoms with Crippen molar-refractivity contribution in [1.82, 2.24) is 9.97 Å². The van der Waals surface area contributed by atoms with E-state index in [9.17, 15) is 0 Å². The van der Waals surface area contributed by atoms with E-state index in [1.165, 1.54) is 43.6 Å². The van der Waals surface area contributed by atoms with Gasteiger partial charge in [0.15, 0.2) is 5.82 Å². The van der Waals surface area contributed by atoms with Gasteiger partial charge < -0.3 is 0 Å². The molecule has 0 saturated carbocycles. The van der Waals surface area contributed by atoms with Crippen LogP contribution in [0, 0.1) is 0 Å². The summed E-state index contributed by atoms with van der Waals surface area (Å²) in [5.41, 5.74) is 15.8. The van der Waals surface area contributed by atoms with E-state index in [0.717, 1.165) is 54.9 Å². The first-order valence-electron chi connectivity index (χ1n) is 18.6. The van der Waals surface area contributed by atoms with Crippen LogP contribution >= 0.6 is 11.3 Å². The summed E-state index contributed by atoms with van der Waals surface area (Å²) in [6, 6.07) is 73.4. The third-order valence-electron chi connectivity index (χ3n) is 10.3. The molecular weight excluding hydrogens is 685 g/mol. The summed E-state index contributed by atoms with van der Waals surface area (Å²) in [6.07, 6.45) is 0. The van der Waals surface area contributed by atoms with Gasteiger partial charge in [0.25, 0.3) is 0 Å². The van der Waals surface area contributed by atoms with Crippen molar-refractivity contribution in [3.8, 4) is 78.3 Å².